The maximum atomic E-state index is 12.2. The van der Waals surface area contributed by atoms with Crippen molar-refractivity contribution in [1.29, 1.82) is 0 Å². The van der Waals surface area contributed by atoms with Gasteiger partial charge in [0.25, 0.3) is 0 Å². The molecule has 0 aliphatic carbocycles. The van der Waals surface area contributed by atoms with Gasteiger partial charge in [0.1, 0.15) is 17.3 Å². The zero-order valence-corrected chi connectivity index (χ0v) is 15.0. The van der Waals surface area contributed by atoms with Crippen LogP contribution in [0.15, 0.2) is 71.2 Å². The average Bonchev–Trinajstić information content (AvgIpc) is 3.20. The molecule has 0 saturated carbocycles. The van der Waals surface area contributed by atoms with E-state index in [0.29, 0.717) is 28.4 Å². The monoisotopic (exact) mass is 362 g/mol. The number of methoxy groups -OCH3 is 2. The van der Waals surface area contributed by atoms with Crippen LogP contribution >= 0.6 is 0 Å². The van der Waals surface area contributed by atoms with Gasteiger partial charge >= 0.3 is 5.97 Å². The van der Waals surface area contributed by atoms with Crippen molar-refractivity contribution in [3.8, 4) is 17.1 Å². The zero-order chi connectivity index (χ0) is 19.2. The highest BCUT2D eigenvalue weighted by molar-refractivity contribution is 6.06. The number of carbonyl (C=O) groups is 2. The Morgan fingerprint density at radius 3 is 2.15 bits per heavy atom. The molecule has 0 saturated heterocycles. The van der Waals surface area contributed by atoms with Crippen molar-refractivity contribution in [1.82, 2.24) is 0 Å². The van der Waals surface area contributed by atoms with Gasteiger partial charge in [-0.05, 0) is 60.7 Å². The van der Waals surface area contributed by atoms with E-state index < -0.39 is 0 Å². The van der Waals surface area contributed by atoms with Gasteiger partial charge in [0.15, 0.2) is 5.78 Å². The third kappa shape index (κ3) is 4.33. The summed E-state index contributed by atoms with van der Waals surface area (Å²) >= 11 is 0. The van der Waals surface area contributed by atoms with Crippen LogP contribution in [0.4, 0.5) is 0 Å². The molecule has 0 radical (unpaired) electrons. The second-order valence-corrected chi connectivity index (χ2v) is 5.70. The summed E-state index contributed by atoms with van der Waals surface area (Å²) in [7, 11) is 2.92. The van der Waals surface area contributed by atoms with Crippen LogP contribution in [0.2, 0.25) is 0 Å². The molecule has 3 aromatic rings. The van der Waals surface area contributed by atoms with Crippen molar-refractivity contribution in [3.05, 3.63) is 83.6 Å². The van der Waals surface area contributed by atoms with E-state index in [9.17, 15) is 9.59 Å². The molecule has 0 amide bonds. The van der Waals surface area contributed by atoms with E-state index in [-0.39, 0.29) is 11.8 Å². The van der Waals surface area contributed by atoms with Crippen LogP contribution in [0.1, 0.15) is 26.5 Å². The largest absolute Gasteiger partial charge is 0.497 e. The highest BCUT2D eigenvalue weighted by atomic mass is 16.5. The van der Waals surface area contributed by atoms with Gasteiger partial charge in [0, 0.05) is 11.1 Å². The van der Waals surface area contributed by atoms with E-state index in [1.54, 1.807) is 67.8 Å². The third-order valence-corrected chi connectivity index (χ3v) is 3.99. The first-order chi connectivity index (χ1) is 13.1. The first kappa shape index (κ1) is 18.2. The molecule has 0 atom stereocenters. The van der Waals surface area contributed by atoms with Gasteiger partial charge in [-0.3, -0.25) is 4.79 Å². The minimum atomic E-state index is -0.387. The molecule has 136 valence electrons. The number of furan rings is 1. The molecule has 0 fully saturated rings. The first-order valence-electron chi connectivity index (χ1n) is 8.26. The first-order valence-corrected chi connectivity index (χ1v) is 8.26. The number of carbonyl (C=O) groups excluding carboxylic acids is 2. The Bertz CT molecular complexity index is 963. The number of hydrogen-bond acceptors (Lipinski definition) is 5. The summed E-state index contributed by atoms with van der Waals surface area (Å²) in [4.78, 5) is 23.7. The molecule has 0 unspecified atom stereocenters. The number of ether oxygens (including phenoxy) is 2. The number of rotatable bonds is 6. The molecule has 5 heteroatoms. The Labute approximate surface area is 156 Å². The van der Waals surface area contributed by atoms with Crippen molar-refractivity contribution in [2.75, 3.05) is 14.2 Å². The Kier molecular flexibility index (Phi) is 5.52. The van der Waals surface area contributed by atoms with Crippen molar-refractivity contribution >= 4 is 17.8 Å². The van der Waals surface area contributed by atoms with Crippen LogP contribution in [0.25, 0.3) is 17.4 Å². The highest BCUT2D eigenvalue weighted by Crippen LogP contribution is 2.23. The Morgan fingerprint density at radius 1 is 0.852 bits per heavy atom. The smallest absolute Gasteiger partial charge is 0.337 e. The normalized spacial score (nSPS) is 10.7. The highest BCUT2D eigenvalue weighted by Gasteiger charge is 2.08. The Balaban J connectivity index is 1.70. The molecule has 1 heterocycles. The van der Waals surface area contributed by atoms with E-state index in [4.69, 9.17) is 9.15 Å². The SMILES string of the molecule is COC(=O)c1ccc(-c2ccc(/C=C/C(=O)c3ccc(OC)cc3)o2)cc1. The summed E-state index contributed by atoms with van der Waals surface area (Å²) in [6.07, 6.45) is 3.09. The number of allylic oxidation sites excluding steroid dienone is 1. The van der Waals surface area contributed by atoms with Crippen molar-refractivity contribution < 1.29 is 23.5 Å². The van der Waals surface area contributed by atoms with Gasteiger partial charge in [-0.15, -0.1) is 0 Å². The van der Waals surface area contributed by atoms with Crippen LogP contribution in [0.5, 0.6) is 5.75 Å². The molecule has 0 aliphatic heterocycles. The van der Waals surface area contributed by atoms with Gasteiger partial charge in [-0.2, -0.15) is 0 Å². The van der Waals surface area contributed by atoms with Gasteiger partial charge in [0.05, 0.1) is 19.8 Å². The fraction of sp³-hybridized carbons (Fsp3) is 0.0909. The zero-order valence-electron chi connectivity index (χ0n) is 15.0. The predicted octanol–water partition coefficient (Wildman–Crippen LogP) is 4.64. The summed E-state index contributed by atoms with van der Waals surface area (Å²) in [6.45, 7) is 0. The maximum Gasteiger partial charge on any atom is 0.337 e. The van der Waals surface area contributed by atoms with Crippen molar-refractivity contribution in [2.24, 2.45) is 0 Å². The quantitative estimate of drug-likeness (QED) is 0.363. The minimum absolute atomic E-state index is 0.127. The van der Waals surface area contributed by atoms with Gasteiger partial charge < -0.3 is 13.9 Å². The van der Waals surface area contributed by atoms with E-state index in [2.05, 4.69) is 4.74 Å². The second-order valence-electron chi connectivity index (χ2n) is 5.70. The van der Waals surface area contributed by atoms with Gasteiger partial charge in [0.2, 0.25) is 0 Å². The van der Waals surface area contributed by atoms with Crippen LogP contribution in [0.3, 0.4) is 0 Å². The van der Waals surface area contributed by atoms with Crippen molar-refractivity contribution in [2.45, 2.75) is 0 Å². The average molecular weight is 362 g/mol. The lowest BCUT2D eigenvalue weighted by Crippen LogP contribution is -2.00. The molecule has 2 aromatic carbocycles. The third-order valence-electron chi connectivity index (χ3n) is 3.99. The molecule has 0 bridgehead atoms. The summed E-state index contributed by atoms with van der Waals surface area (Å²) in [5.41, 5.74) is 1.86. The number of hydrogen-bond donors (Lipinski definition) is 0. The minimum Gasteiger partial charge on any atom is -0.497 e. The van der Waals surface area contributed by atoms with E-state index in [0.717, 1.165) is 5.56 Å². The fourth-order valence-corrected chi connectivity index (χ4v) is 2.50. The lowest BCUT2D eigenvalue weighted by molar-refractivity contribution is 0.0600. The lowest BCUT2D eigenvalue weighted by atomic mass is 10.1. The van der Waals surface area contributed by atoms with Crippen LogP contribution < -0.4 is 4.74 Å². The molecule has 27 heavy (non-hydrogen) atoms. The summed E-state index contributed by atoms with van der Waals surface area (Å²) in [6, 6.07) is 17.4. The predicted molar refractivity (Wildman–Crippen MR) is 102 cm³/mol. The molecular weight excluding hydrogens is 344 g/mol. The fourth-order valence-electron chi connectivity index (χ4n) is 2.50. The van der Waals surface area contributed by atoms with Gasteiger partial charge in [-0.1, -0.05) is 12.1 Å². The topological polar surface area (TPSA) is 65.7 Å². The van der Waals surface area contributed by atoms with Crippen LogP contribution in [0, 0.1) is 0 Å². The Morgan fingerprint density at radius 2 is 1.52 bits per heavy atom. The molecule has 5 nitrogen and oxygen atoms in total. The van der Waals surface area contributed by atoms with Crippen molar-refractivity contribution in [3.63, 3.8) is 0 Å². The summed E-state index contributed by atoms with van der Waals surface area (Å²) in [5.74, 6) is 1.39. The molecule has 0 N–H and O–H groups in total. The number of esters is 1. The molecule has 1 aromatic heterocycles. The summed E-state index contributed by atoms with van der Waals surface area (Å²) in [5, 5.41) is 0. The van der Waals surface area contributed by atoms with E-state index in [1.807, 2.05) is 6.07 Å². The maximum absolute atomic E-state index is 12.2. The number of benzene rings is 2. The molecule has 0 aliphatic rings. The molecule has 3 rings (SSSR count). The Hall–Kier alpha value is -3.60. The molecule has 0 spiro atoms. The number of ketones is 1. The van der Waals surface area contributed by atoms with Gasteiger partial charge in [-0.25, -0.2) is 4.79 Å². The standard InChI is InChI=1S/C22H18O5/c1-25-18-9-7-15(8-10-18)20(23)13-11-19-12-14-21(27-19)16-3-5-17(6-4-16)22(24)26-2/h3-14H,1-2H3/b13-11+. The summed E-state index contributed by atoms with van der Waals surface area (Å²) < 4.78 is 15.5. The van der Waals surface area contributed by atoms with E-state index in [1.165, 1.54) is 13.2 Å². The lowest BCUT2D eigenvalue weighted by Gasteiger charge is -2.00. The van der Waals surface area contributed by atoms with E-state index >= 15 is 0 Å². The molecular formula is C22H18O5. The van der Waals surface area contributed by atoms with Crippen LogP contribution in [-0.2, 0) is 4.74 Å². The second kappa shape index (κ2) is 8.19. The van der Waals surface area contributed by atoms with Crippen LogP contribution in [-0.4, -0.2) is 26.0 Å².